The predicted octanol–water partition coefficient (Wildman–Crippen LogP) is 3.06. The van der Waals surface area contributed by atoms with Gasteiger partial charge in [0.25, 0.3) is 0 Å². The molecule has 1 aromatic carbocycles. The first-order valence-electron chi connectivity index (χ1n) is 7.19. The summed E-state index contributed by atoms with van der Waals surface area (Å²) in [5, 5.41) is 13.0. The van der Waals surface area contributed by atoms with Gasteiger partial charge >= 0.3 is 0 Å². The van der Waals surface area contributed by atoms with Gasteiger partial charge in [0.15, 0.2) is 11.5 Å². The Morgan fingerprint density at radius 1 is 1.48 bits per heavy atom. The second-order valence-corrected chi connectivity index (χ2v) is 6.50. The maximum absolute atomic E-state index is 12.1. The molecule has 1 aromatic rings. The molecule has 1 N–H and O–H groups in total. The number of rotatable bonds is 4. The highest BCUT2D eigenvalue weighted by molar-refractivity contribution is 8.03. The maximum atomic E-state index is 12.1. The van der Waals surface area contributed by atoms with Crippen LogP contribution in [-0.2, 0) is 4.79 Å². The Bertz CT molecular complexity index is 749. The van der Waals surface area contributed by atoms with Gasteiger partial charge in [-0.3, -0.25) is 4.79 Å². The number of allylic oxidation sites excluding steroid dienone is 1. The third kappa shape index (κ3) is 3.20. The molecule has 0 aromatic heterocycles. The minimum atomic E-state index is -0.268. The molecular weight excluding hydrogens is 312 g/mol. The van der Waals surface area contributed by atoms with E-state index in [1.54, 1.807) is 0 Å². The summed E-state index contributed by atoms with van der Waals surface area (Å²) < 4.78 is 10.7. The molecule has 3 rings (SSSR count). The average molecular weight is 328 g/mol. The zero-order valence-corrected chi connectivity index (χ0v) is 13.5. The van der Waals surface area contributed by atoms with Gasteiger partial charge in [0, 0.05) is 18.1 Å². The van der Waals surface area contributed by atoms with E-state index < -0.39 is 0 Å². The van der Waals surface area contributed by atoms with Crippen LogP contribution in [0.15, 0.2) is 41.0 Å². The minimum absolute atomic E-state index is 0.0871. The molecule has 0 bridgehead atoms. The Hall–Kier alpha value is -2.39. The molecule has 0 saturated carbocycles. The number of nitrogens with zero attached hydrogens (tertiary/aromatic N) is 1. The fraction of sp³-hybridized carbons (Fsp3) is 0.294. The first-order valence-corrected chi connectivity index (χ1v) is 8.18. The van der Waals surface area contributed by atoms with Crippen molar-refractivity contribution >= 4 is 17.7 Å². The van der Waals surface area contributed by atoms with E-state index in [9.17, 15) is 10.1 Å². The largest absolute Gasteiger partial charge is 0.454 e. The van der Waals surface area contributed by atoms with E-state index in [-0.39, 0.29) is 25.0 Å². The summed E-state index contributed by atoms with van der Waals surface area (Å²) in [5.41, 5.74) is 2.45. The summed E-state index contributed by atoms with van der Waals surface area (Å²) in [6.07, 6.45) is 0.250. The van der Waals surface area contributed by atoms with Crippen molar-refractivity contribution in [3.05, 3.63) is 46.5 Å². The number of hydrogen-bond acceptors (Lipinski definition) is 5. The standard InChI is InChI=1S/C17H16N2O3S/c1-10(2)8-23-17-13(7-18)12(6-16(20)19-17)11-3-4-14-15(5-11)22-9-21-14/h3-5,12H,1,6,8-9H2,2H3,(H,19,20)/t12-/m0/s1. The van der Waals surface area contributed by atoms with E-state index in [1.807, 2.05) is 25.1 Å². The molecule has 0 radical (unpaired) electrons. The zero-order valence-electron chi connectivity index (χ0n) is 12.7. The normalized spacial score (nSPS) is 19.3. The number of carbonyl (C=O) groups excluding carboxylic acids is 1. The van der Waals surface area contributed by atoms with Gasteiger partial charge < -0.3 is 14.8 Å². The lowest BCUT2D eigenvalue weighted by atomic mass is 9.87. The minimum Gasteiger partial charge on any atom is -0.454 e. The van der Waals surface area contributed by atoms with E-state index in [1.165, 1.54) is 11.8 Å². The summed E-state index contributed by atoms with van der Waals surface area (Å²) in [6.45, 7) is 5.97. The zero-order chi connectivity index (χ0) is 16.4. The molecule has 0 spiro atoms. The molecule has 0 unspecified atom stereocenters. The van der Waals surface area contributed by atoms with Crippen molar-refractivity contribution in [3.8, 4) is 17.6 Å². The Balaban J connectivity index is 1.96. The first-order chi connectivity index (χ1) is 11.1. The first kappa shape index (κ1) is 15.5. The molecule has 118 valence electrons. The molecule has 0 fully saturated rings. The molecule has 5 nitrogen and oxygen atoms in total. The second-order valence-electron chi connectivity index (χ2n) is 5.52. The monoisotopic (exact) mass is 328 g/mol. The molecule has 0 aliphatic carbocycles. The highest BCUT2D eigenvalue weighted by Gasteiger charge is 2.30. The Kier molecular flexibility index (Phi) is 4.30. The number of amides is 1. The van der Waals surface area contributed by atoms with Crippen molar-refractivity contribution < 1.29 is 14.3 Å². The summed E-state index contributed by atoms with van der Waals surface area (Å²) in [4.78, 5) is 12.1. The fourth-order valence-electron chi connectivity index (χ4n) is 2.54. The Labute approximate surface area is 139 Å². The van der Waals surface area contributed by atoms with Crippen molar-refractivity contribution in [2.24, 2.45) is 0 Å². The van der Waals surface area contributed by atoms with Gasteiger partial charge in [-0.2, -0.15) is 5.26 Å². The van der Waals surface area contributed by atoms with Crippen LogP contribution in [0.1, 0.15) is 24.8 Å². The number of benzene rings is 1. The van der Waals surface area contributed by atoms with E-state index in [4.69, 9.17) is 9.47 Å². The van der Waals surface area contributed by atoms with E-state index in [0.29, 0.717) is 27.9 Å². The summed E-state index contributed by atoms with van der Waals surface area (Å²) in [6, 6.07) is 7.81. The number of nitrogens with one attached hydrogen (secondary N) is 1. The highest BCUT2D eigenvalue weighted by atomic mass is 32.2. The molecular formula is C17H16N2O3S. The average Bonchev–Trinajstić information content (AvgIpc) is 2.99. The van der Waals surface area contributed by atoms with Gasteiger partial charge in [0.2, 0.25) is 12.7 Å². The van der Waals surface area contributed by atoms with Crippen molar-refractivity contribution in [3.63, 3.8) is 0 Å². The summed E-state index contributed by atoms with van der Waals surface area (Å²) >= 11 is 1.44. The van der Waals surface area contributed by atoms with Crippen LogP contribution in [0.4, 0.5) is 0 Å². The van der Waals surface area contributed by atoms with Crippen LogP contribution in [0.25, 0.3) is 0 Å². The number of nitriles is 1. The third-order valence-corrected chi connectivity index (χ3v) is 4.87. The molecule has 6 heteroatoms. The number of thioether (sulfide) groups is 1. The van der Waals surface area contributed by atoms with Crippen LogP contribution < -0.4 is 14.8 Å². The summed E-state index contributed by atoms with van der Waals surface area (Å²) in [5.74, 6) is 1.65. The number of ether oxygens (including phenoxy) is 2. The smallest absolute Gasteiger partial charge is 0.231 e. The van der Waals surface area contributed by atoms with E-state index >= 15 is 0 Å². The van der Waals surface area contributed by atoms with Crippen molar-refractivity contribution in [2.75, 3.05) is 12.5 Å². The van der Waals surface area contributed by atoms with Crippen molar-refractivity contribution in [1.82, 2.24) is 5.32 Å². The predicted molar refractivity (Wildman–Crippen MR) is 88.0 cm³/mol. The van der Waals surface area contributed by atoms with Gasteiger partial charge in [-0.1, -0.05) is 18.2 Å². The molecule has 2 heterocycles. The van der Waals surface area contributed by atoms with Gasteiger partial charge in [0.1, 0.15) is 0 Å². The number of fused-ring (bicyclic) bond motifs is 1. The van der Waals surface area contributed by atoms with Crippen LogP contribution in [0.3, 0.4) is 0 Å². The Morgan fingerprint density at radius 2 is 2.26 bits per heavy atom. The lowest BCUT2D eigenvalue weighted by molar-refractivity contribution is -0.120. The Morgan fingerprint density at radius 3 is 3.00 bits per heavy atom. The molecule has 23 heavy (non-hydrogen) atoms. The molecule has 1 amide bonds. The van der Waals surface area contributed by atoms with Crippen LogP contribution in [-0.4, -0.2) is 18.5 Å². The quantitative estimate of drug-likeness (QED) is 0.860. The summed E-state index contributed by atoms with van der Waals surface area (Å²) in [7, 11) is 0. The van der Waals surface area contributed by atoms with E-state index in [2.05, 4.69) is 18.0 Å². The van der Waals surface area contributed by atoms with Crippen molar-refractivity contribution in [2.45, 2.75) is 19.3 Å². The number of hydrogen-bond donors (Lipinski definition) is 1. The van der Waals surface area contributed by atoms with Gasteiger partial charge in [-0.15, -0.1) is 11.8 Å². The number of carbonyl (C=O) groups is 1. The second kappa shape index (κ2) is 6.39. The molecule has 2 aliphatic rings. The molecule has 1 atom stereocenters. The van der Waals surface area contributed by atoms with Gasteiger partial charge in [0.05, 0.1) is 16.7 Å². The van der Waals surface area contributed by atoms with Crippen LogP contribution in [0, 0.1) is 11.3 Å². The van der Waals surface area contributed by atoms with Crippen molar-refractivity contribution in [1.29, 1.82) is 5.26 Å². The molecule has 0 saturated heterocycles. The highest BCUT2D eigenvalue weighted by Crippen LogP contribution is 2.40. The van der Waals surface area contributed by atoms with Gasteiger partial charge in [-0.05, 0) is 24.6 Å². The van der Waals surface area contributed by atoms with E-state index in [0.717, 1.165) is 11.1 Å². The third-order valence-electron chi connectivity index (χ3n) is 3.62. The lowest BCUT2D eigenvalue weighted by Gasteiger charge is -2.25. The maximum Gasteiger partial charge on any atom is 0.231 e. The topological polar surface area (TPSA) is 71.3 Å². The van der Waals surface area contributed by atoms with Crippen LogP contribution >= 0.6 is 11.8 Å². The SMILES string of the molecule is C=C(C)CSC1=C(C#N)[C@H](c2ccc3c(c2)OCO3)CC(=O)N1. The van der Waals surface area contributed by atoms with Gasteiger partial charge in [-0.25, -0.2) is 0 Å². The molecule has 2 aliphatic heterocycles. The fourth-order valence-corrected chi connectivity index (χ4v) is 3.46. The lowest BCUT2D eigenvalue weighted by Crippen LogP contribution is -2.31. The van der Waals surface area contributed by atoms with Crippen LogP contribution in [0.2, 0.25) is 0 Å². The van der Waals surface area contributed by atoms with Crippen LogP contribution in [0.5, 0.6) is 11.5 Å².